The Morgan fingerprint density at radius 2 is 1.37 bits per heavy atom. The summed E-state index contributed by atoms with van der Waals surface area (Å²) >= 11 is 0. The minimum Gasteiger partial charge on any atom is -0.328 e. The van der Waals surface area contributed by atoms with E-state index in [9.17, 15) is 0 Å². The highest BCUT2D eigenvalue weighted by Gasteiger charge is 1.98. The molecular formula is C18H31N. The number of rotatable bonds is 10. The van der Waals surface area contributed by atoms with Gasteiger partial charge in [0.2, 0.25) is 0 Å². The summed E-state index contributed by atoms with van der Waals surface area (Å²) in [5.41, 5.74) is 8.69. The van der Waals surface area contributed by atoms with Gasteiger partial charge in [0.1, 0.15) is 0 Å². The lowest BCUT2D eigenvalue weighted by atomic mass is 10.0. The summed E-state index contributed by atoms with van der Waals surface area (Å²) in [7, 11) is 0. The largest absolute Gasteiger partial charge is 0.328 e. The van der Waals surface area contributed by atoms with E-state index < -0.39 is 0 Å². The molecule has 0 heterocycles. The molecule has 1 aromatic carbocycles. The molecule has 0 aliphatic rings. The Kier molecular flexibility index (Phi) is 8.57. The second-order valence-electron chi connectivity index (χ2n) is 5.85. The first-order chi connectivity index (χ1) is 9.22. The lowest BCUT2D eigenvalue weighted by Gasteiger charge is -2.06. The van der Waals surface area contributed by atoms with Crippen LogP contribution in [-0.2, 0) is 12.8 Å². The molecule has 0 bridgehead atoms. The molecule has 1 aromatic rings. The third kappa shape index (κ3) is 8.05. The van der Waals surface area contributed by atoms with E-state index in [-0.39, 0.29) is 0 Å². The number of aryl methyl sites for hydroxylation is 2. The smallest absolute Gasteiger partial charge is 0.00136 e. The molecule has 0 aromatic heterocycles. The van der Waals surface area contributed by atoms with Gasteiger partial charge in [-0.25, -0.2) is 0 Å². The van der Waals surface area contributed by atoms with E-state index >= 15 is 0 Å². The van der Waals surface area contributed by atoms with Crippen LogP contribution in [0.4, 0.5) is 0 Å². The summed E-state index contributed by atoms with van der Waals surface area (Å²) < 4.78 is 0. The molecule has 1 atom stereocenters. The Labute approximate surface area is 119 Å². The van der Waals surface area contributed by atoms with Crippen molar-refractivity contribution < 1.29 is 0 Å². The molecule has 0 saturated heterocycles. The van der Waals surface area contributed by atoms with Crippen molar-refractivity contribution in [1.29, 1.82) is 0 Å². The molecule has 0 amide bonds. The minimum atomic E-state index is 0.308. The van der Waals surface area contributed by atoms with E-state index in [2.05, 4.69) is 38.1 Å². The van der Waals surface area contributed by atoms with Crippen molar-refractivity contribution in [1.82, 2.24) is 0 Å². The first kappa shape index (κ1) is 16.2. The van der Waals surface area contributed by atoms with Crippen LogP contribution < -0.4 is 5.73 Å². The second-order valence-corrected chi connectivity index (χ2v) is 5.85. The van der Waals surface area contributed by atoms with E-state index in [0.717, 1.165) is 12.8 Å². The fourth-order valence-corrected chi connectivity index (χ4v) is 2.38. The average molecular weight is 261 g/mol. The normalized spacial score (nSPS) is 12.6. The van der Waals surface area contributed by atoms with Gasteiger partial charge < -0.3 is 5.73 Å². The van der Waals surface area contributed by atoms with E-state index in [1.807, 2.05) is 0 Å². The average Bonchev–Trinajstić information content (AvgIpc) is 2.41. The van der Waals surface area contributed by atoms with Crippen LogP contribution in [0.5, 0.6) is 0 Å². The molecule has 0 saturated carbocycles. The zero-order valence-electron chi connectivity index (χ0n) is 12.8. The van der Waals surface area contributed by atoms with Crippen molar-refractivity contribution in [2.75, 3.05) is 0 Å². The fourth-order valence-electron chi connectivity index (χ4n) is 2.38. The predicted molar refractivity (Wildman–Crippen MR) is 85.5 cm³/mol. The summed E-state index contributed by atoms with van der Waals surface area (Å²) in [5, 5.41) is 0. The molecule has 0 spiro atoms. The zero-order chi connectivity index (χ0) is 13.9. The van der Waals surface area contributed by atoms with Gasteiger partial charge in [-0.1, -0.05) is 63.3 Å². The molecule has 108 valence electrons. The standard InChI is InChI=1S/C18H31N/c1-3-4-5-6-7-8-9-17-12-14-18(15-13-17)11-10-16(2)19/h12-16H,3-11,19H2,1-2H3. The number of hydrogen-bond acceptors (Lipinski definition) is 1. The fraction of sp³-hybridized carbons (Fsp3) is 0.667. The summed E-state index contributed by atoms with van der Waals surface area (Å²) in [6.07, 6.45) is 11.7. The number of unbranched alkanes of at least 4 members (excludes halogenated alkanes) is 5. The third-order valence-electron chi connectivity index (χ3n) is 3.73. The molecule has 0 radical (unpaired) electrons. The molecule has 0 aliphatic carbocycles. The molecule has 1 heteroatoms. The van der Waals surface area contributed by atoms with Crippen LogP contribution in [0.1, 0.15) is 69.9 Å². The van der Waals surface area contributed by atoms with Crippen molar-refractivity contribution in [2.45, 2.75) is 77.7 Å². The van der Waals surface area contributed by atoms with Gasteiger partial charge in [0.15, 0.2) is 0 Å². The lowest BCUT2D eigenvalue weighted by molar-refractivity contribution is 0.607. The zero-order valence-corrected chi connectivity index (χ0v) is 12.8. The van der Waals surface area contributed by atoms with Crippen LogP contribution in [0, 0.1) is 0 Å². The quantitative estimate of drug-likeness (QED) is 0.597. The maximum absolute atomic E-state index is 5.79. The molecule has 19 heavy (non-hydrogen) atoms. The Bertz CT molecular complexity index is 313. The second kappa shape index (κ2) is 10.0. The molecule has 1 unspecified atom stereocenters. The molecule has 2 N–H and O–H groups in total. The summed E-state index contributed by atoms with van der Waals surface area (Å²) in [6, 6.07) is 9.44. The highest BCUT2D eigenvalue weighted by atomic mass is 14.6. The summed E-state index contributed by atoms with van der Waals surface area (Å²) in [6.45, 7) is 4.35. The highest BCUT2D eigenvalue weighted by molar-refractivity contribution is 5.22. The Balaban J connectivity index is 2.17. The van der Waals surface area contributed by atoms with Crippen molar-refractivity contribution in [3.8, 4) is 0 Å². The van der Waals surface area contributed by atoms with E-state index in [1.165, 1.54) is 56.1 Å². The topological polar surface area (TPSA) is 26.0 Å². The van der Waals surface area contributed by atoms with Crippen LogP contribution >= 0.6 is 0 Å². The van der Waals surface area contributed by atoms with Gasteiger partial charge in [-0.15, -0.1) is 0 Å². The lowest BCUT2D eigenvalue weighted by Crippen LogP contribution is -2.15. The third-order valence-corrected chi connectivity index (χ3v) is 3.73. The minimum absolute atomic E-state index is 0.308. The Morgan fingerprint density at radius 3 is 1.95 bits per heavy atom. The van der Waals surface area contributed by atoms with Crippen molar-refractivity contribution in [3.63, 3.8) is 0 Å². The Hall–Kier alpha value is -0.820. The molecule has 0 aliphatic heterocycles. The van der Waals surface area contributed by atoms with Crippen LogP contribution in [0.15, 0.2) is 24.3 Å². The predicted octanol–water partition coefficient (Wildman–Crippen LogP) is 4.87. The van der Waals surface area contributed by atoms with Gasteiger partial charge in [0, 0.05) is 6.04 Å². The van der Waals surface area contributed by atoms with Crippen molar-refractivity contribution >= 4 is 0 Å². The SMILES string of the molecule is CCCCCCCCc1ccc(CCC(C)N)cc1. The first-order valence-corrected chi connectivity index (χ1v) is 8.05. The number of nitrogens with two attached hydrogens (primary N) is 1. The van der Waals surface area contributed by atoms with Gasteiger partial charge in [0.05, 0.1) is 0 Å². The van der Waals surface area contributed by atoms with Gasteiger partial charge in [-0.3, -0.25) is 0 Å². The van der Waals surface area contributed by atoms with Crippen LogP contribution in [-0.4, -0.2) is 6.04 Å². The van der Waals surface area contributed by atoms with Gasteiger partial charge >= 0.3 is 0 Å². The number of benzene rings is 1. The first-order valence-electron chi connectivity index (χ1n) is 8.05. The monoisotopic (exact) mass is 261 g/mol. The van der Waals surface area contributed by atoms with Gasteiger partial charge in [-0.05, 0) is 43.7 Å². The van der Waals surface area contributed by atoms with E-state index in [0.29, 0.717) is 6.04 Å². The summed E-state index contributed by atoms with van der Waals surface area (Å²) in [4.78, 5) is 0. The maximum atomic E-state index is 5.79. The molecule has 1 nitrogen and oxygen atoms in total. The highest BCUT2D eigenvalue weighted by Crippen LogP contribution is 2.12. The molecule has 1 rings (SSSR count). The van der Waals surface area contributed by atoms with Crippen LogP contribution in [0.25, 0.3) is 0 Å². The van der Waals surface area contributed by atoms with E-state index in [1.54, 1.807) is 0 Å². The molecule has 0 fully saturated rings. The van der Waals surface area contributed by atoms with Gasteiger partial charge in [0.25, 0.3) is 0 Å². The van der Waals surface area contributed by atoms with Gasteiger partial charge in [-0.2, -0.15) is 0 Å². The Morgan fingerprint density at radius 1 is 0.842 bits per heavy atom. The van der Waals surface area contributed by atoms with Crippen LogP contribution in [0.3, 0.4) is 0 Å². The van der Waals surface area contributed by atoms with Crippen molar-refractivity contribution in [2.24, 2.45) is 5.73 Å². The van der Waals surface area contributed by atoms with E-state index in [4.69, 9.17) is 5.73 Å². The maximum Gasteiger partial charge on any atom is 0.00136 e. The summed E-state index contributed by atoms with van der Waals surface area (Å²) in [5.74, 6) is 0. The van der Waals surface area contributed by atoms with Crippen molar-refractivity contribution in [3.05, 3.63) is 35.4 Å². The number of hydrogen-bond donors (Lipinski definition) is 1. The van der Waals surface area contributed by atoms with Crippen LogP contribution in [0.2, 0.25) is 0 Å². The molecular weight excluding hydrogens is 230 g/mol.